The lowest BCUT2D eigenvalue weighted by Gasteiger charge is -2.09. The molecule has 0 spiro atoms. The standard InChI is InChI=1S/C13H10F3NO2S/c14-10-6-7-11(13(16)12(10)15)17-20(18,19)8-9-4-2-1-3-5-9/h1-7,17H,8H2. The minimum atomic E-state index is -3.92. The summed E-state index contributed by atoms with van der Waals surface area (Å²) < 4.78 is 64.7. The number of hydrogen-bond donors (Lipinski definition) is 1. The second-order valence-electron chi connectivity index (χ2n) is 4.07. The number of nitrogens with one attached hydrogen (secondary N) is 1. The summed E-state index contributed by atoms with van der Waals surface area (Å²) >= 11 is 0. The molecule has 0 unspecified atom stereocenters. The van der Waals surface area contributed by atoms with E-state index < -0.39 is 38.9 Å². The van der Waals surface area contributed by atoms with E-state index in [1.54, 1.807) is 30.3 Å². The summed E-state index contributed by atoms with van der Waals surface area (Å²) in [6.45, 7) is 0. The predicted octanol–water partition coefficient (Wildman–Crippen LogP) is 3.05. The number of anilines is 1. The Kier molecular flexibility index (Phi) is 3.99. The SMILES string of the molecule is O=S(=O)(Cc1ccccc1)Nc1ccc(F)c(F)c1F. The molecule has 106 valence electrons. The zero-order chi connectivity index (χ0) is 14.8. The molecular formula is C13H10F3NO2S. The molecule has 0 amide bonds. The van der Waals surface area contributed by atoms with Gasteiger partial charge < -0.3 is 0 Å². The van der Waals surface area contributed by atoms with Crippen molar-refractivity contribution in [1.82, 2.24) is 0 Å². The second-order valence-corrected chi connectivity index (χ2v) is 5.79. The van der Waals surface area contributed by atoms with Gasteiger partial charge in [-0.25, -0.2) is 21.6 Å². The van der Waals surface area contributed by atoms with Crippen LogP contribution in [0, 0.1) is 17.5 Å². The van der Waals surface area contributed by atoms with E-state index in [9.17, 15) is 21.6 Å². The van der Waals surface area contributed by atoms with Crippen LogP contribution in [0.15, 0.2) is 42.5 Å². The smallest absolute Gasteiger partial charge is 0.237 e. The predicted molar refractivity (Wildman–Crippen MR) is 69.0 cm³/mol. The maximum atomic E-state index is 13.4. The minimum absolute atomic E-state index is 0.397. The average molecular weight is 301 g/mol. The van der Waals surface area contributed by atoms with Crippen LogP contribution in [0.1, 0.15) is 5.56 Å². The monoisotopic (exact) mass is 301 g/mol. The molecule has 2 aromatic carbocycles. The van der Waals surface area contributed by atoms with Crippen LogP contribution in [0.3, 0.4) is 0 Å². The quantitative estimate of drug-likeness (QED) is 0.882. The highest BCUT2D eigenvalue weighted by Crippen LogP contribution is 2.21. The summed E-state index contributed by atoms with van der Waals surface area (Å²) in [6, 6.07) is 9.68. The molecule has 0 aromatic heterocycles. The van der Waals surface area contributed by atoms with E-state index in [4.69, 9.17) is 0 Å². The maximum Gasteiger partial charge on any atom is 0.237 e. The van der Waals surface area contributed by atoms with E-state index in [0.717, 1.165) is 6.07 Å². The molecule has 0 aliphatic heterocycles. The lowest BCUT2D eigenvalue weighted by molar-refractivity contribution is 0.449. The Bertz CT molecular complexity index is 718. The van der Waals surface area contributed by atoms with Crippen molar-refractivity contribution in [3.8, 4) is 0 Å². The molecule has 2 rings (SSSR count). The number of halogens is 3. The molecule has 0 aliphatic carbocycles. The lowest BCUT2D eigenvalue weighted by atomic mass is 10.2. The third-order valence-corrected chi connectivity index (χ3v) is 3.74. The van der Waals surface area contributed by atoms with Gasteiger partial charge in [-0.15, -0.1) is 0 Å². The summed E-state index contributed by atoms with van der Waals surface area (Å²) in [5.74, 6) is -5.06. The van der Waals surface area contributed by atoms with Gasteiger partial charge >= 0.3 is 0 Å². The zero-order valence-electron chi connectivity index (χ0n) is 10.1. The van der Waals surface area contributed by atoms with Gasteiger partial charge in [0.25, 0.3) is 0 Å². The fraction of sp³-hybridized carbons (Fsp3) is 0.0769. The van der Waals surface area contributed by atoms with E-state index in [0.29, 0.717) is 11.6 Å². The molecule has 2 aromatic rings. The summed E-state index contributed by atoms with van der Waals surface area (Å²) in [7, 11) is -3.92. The topological polar surface area (TPSA) is 46.2 Å². The van der Waals surface area contributed by atoms with Gasteiger partial charge in [0.15, 0.2) is 17.5 Å². The average Bonchev–Trinajstić information content (AvgIpc) is 2.40. The number of benzene rings is 2. The molecule has 0 saturated carbocycles. The normalized spacial score (nSPS) is 11.3. The van der Waals surface area contributed by atoms with Gasteiger partial charge in [-0.2, -0.15) is 0 Å². The van der Waals surface area contributed by atoms with Crippen molar-refractivity contribution in [3.05, 3.63) is 65.5 Å². The highest BCUT2D eigenvalue weighted by molar-refractivity contribution is 7.91. The first kappa shape index (κ1) is 14.4. The Balaban J connectivity index is 2.23. The fourth-order valence-corrected chi connectivity index (χ4v) is 2.80. The van der Waals surface area contributed by atoms with Crippen molar-refractivity contribution in [2.45, 2.75) is 5.75 Å². The first-order chi connectivity index (χ1) is 9.39. The number of rotatable bonds is 4. The van der Waals surface area contributed by atoms with Gasteiger partial charge in [-0.05, 0) is 17.7 Å². The molecule has 0 radical (unpaired) electrons. The van der Waals surface area contributed by atoms with E-state index in [1.165, 1.54) is 0 Å². The van der Waals surface area contributed by atoms with Crippen LogP contribution in [0.4, 0.5) is 18.9 Å². The third kappa shape index (κ3) is 3.30. The van der Waals surface area contributed by atoms with Gasteiger partial charge in [0.05, 0.1) is 11.4 Å². The summed E-state index contributed by atoms with van der Waals surface area (Å²) in [5.41, 5.74) is -0.136. The molecule has 0 aliphatic rings. The molecule has 1 N–H and O–H groups in total. The van der Waals surface area contributed by atoms with Crippen LogP contribution in [-0.2, 0) is 15.8 Å². The van der Waals surface area contributed by atoms with Gasteiger partial charge in [-0.1, -0.05) is 30.3 Å². The lowest BCUT2D eigenvalue weighted by Crippen LogP contribution is -2.16. The zero-order valence-corrected chi connectivity index (χ0v) is 10.9. The molecule has 20 heavy (non-hydrogen) atoms. The van der Waals surface area contributed by atoms with Crippen LogP contribution < -0.4 is 4.72 Å². The summed E-state index contributed by atoms with van der Waals surface area (Å²) in [5, 5.41) is 0. The largest absolute Gasteiger partial charge is 0.280 e. The van der Waals surface area contributed by atoms with Crippen LogP contribution in [0.2, 0.25) is 0 Å². The molecule has 0 bridgehead atoms. The Morgan fingerprint density at radius 3 is 2.20 bits per heavy atom. The highest BCUT2D eigenvalue weighted by Gasteiger charge is 2.18. The Morgan fingerprint density at radius 2 is 1.55 bits per heavy atom. The molecule has 0 heterocycles. The van der Waals surface area contributed by atoms with Crippen LogP contribution in [-0.4, -0.2) is 8.42 Å². The third-order valence-electron chi connectivity index (χ3n) is 2.50. The van der Waals surface area contributed by atoms with Crippen LogP contribution in [0.25, 0.3) is 0 Å². The molecular weight excluding hydrogens is 291 g/mol. The van der Waals surface area contributed by atoms with Crippen molar-refractivity contribution in [3.63, 3.8) is 0 Å². The van der Waals surface area contributed by atoms with Crippen molar-refractivity contribution in [2.75, 3.05) is 4.72 Å². The number of hydrogen-bond acceptors (Lipinski definition) is 2. The fourth-order valence-electron chi connectivity index (χ4n) is 1.60. The van der Waals surface area contributed by atoms with E-state index in [1.807, 2.05) is 4.72 Å². The maximum absolute atomic E-state index is 13.4. The van der Waals surface area contributed by atoms with Crippen LogP contribution >= 0.6 is 0 Å². The van der Waals surface area contributed by atoms with E-state index in [2.05, 4.69) is 0 Å². The molecule has 3 nitrogen and oxygen atoms in total. The molecule has 0 saturated heterocycles. The van der Waals surface area contributed by atoms with Gasteiger partial charge in [0.2, 0.25) is 10.0 Å². The van der Waals surface area contributed by atoms with Gasteiger partial charge in [-0.3, -0.25) is 4.72 Å². The van der Waals surface area contributed by atoms with Crippen LogP contribution in [0.5, 0.6) is 0 Å². The number of sulfonamides is 1. The summed E-state index contributed by atoms with van der Waals surface area (Å²) in [4.78, 5) is 0. The molecule has 0 fully saturated rings. The minimum Gasteiger partial charge on any atom is -0.280 e. The first-order valence-electron chi connectivity index (χ1n) is 5.57. The van der Waals surface area contributed by atoms with Gasteiger partial charge in [0, 0.05) is 0 Å². The van der Waals surface area contributed by atoms with E-state index >= 15 is 0 Å². The second kappa shape index (κ2) is 5.54. The Labute approximate surface area is 114 Å². The highest BCUT2D eigenvalue weighted by atomic mass is 32.2. The summed E-state index contributed by atoms with van der Waals surface area (Å²) in [6.07, 6.45) is 0. The van der Waals surface area contributed by atoms with Crippen molar-refractivity contribution in [1.29, 1.82) is 0 Å². The van der Waals surface area contributed by atoms with E-state index in [-0.39, 0.29) is 0 Å². The van der Waals surface area contributed by atoms with Gasteiger partial charge in [0.1, 0.15) is 0 Å². The Hall–Kier alpha value is -2.02. The van der Waals surface area contributed by atoms with Crippen molar-refractivity contribution < 1.29 is 21.6 Å². The first-order valence-corrected chi connectivity index (χ1v) is 7.22. The Morgan fingerprint density at radius 1 is 0.900 bits per heavy atom. The molecule has 0 atom stereocenters. The van der Waals surface area contributed by atoms with Crippen molar-refractivity contribution >= 4 is 15.7 Å². The molecule has 7 heteroatoms. The van der Waals surface area contributed by atoms with Crippen molar-refractivity contribution in [2.24, 2.45) is 0 Å².